The number of hydrogen-bond acceptors (Lipinski definition) is 6. The molecule has 0 spiro atoms. The summed E-state index contributed by atoms with van der Waals surface area (Å²) in [7, 11) is 1.55. The number of aromatic nitrogens is 2. The Morgan fingerprint density at radius 3 is 2.43 bits per heavy atom. The van der Waals surface area contributed by atoms with E-state index in [1.54, 1.807) is 7.05 Å². The van der Waals surface area contributed by atoms with Gasteiger partial charge in [-0.15, -0.1) is 0 Å². The number of anilines is 1. The van der Waals surface area contributed by atoms with Crippen molar-refractivity contribution >= 4 is 23.8 Å². The third-order valence-corrected chi connectivity index (χ3v) is 6.30. The maximum Gasteiger partial charge on any atom is 0.407 e. The van der Waals surface area contributed by atoms with Crippen molar-refractivity contribution in [3.05, 3.63) is 71.4 Å². The Labute approximate surface area is 200 Å². The Bertz CT molecular complexity index is 1260. The average molecular weight is 476 g/mol. The van der Waals surface area contributed by atoms with E-state index in [2.05, 4.69) is 27.9 Å². The molecule has 2 amide bonds. The molecule has 10 nitrogen and oxygen atoms in total. The van der Waals surface area contributed by atoms with Crippen molar-refractivity contribution in [3.63, 3.8) is 0 Å². The SMILES string of the molecule is Cn1cc(C(=O)O)c(NC(=O)[C@@H]2OCC[C@@H]2NC(=O)OCC2c3ccccc3-c3ccccc32)n1. The summed E-state index contributed by atoms with van der Waals surface area (Å²) in [6.07, 6.45) is 0.0549. The molecule has 2 heterocycles. The molecule has 2 atom stereocenters. The molecule has 1 aliphatic carbocycles. The van der Waals surface area contributed by atoms with Crippen LogP contribution in [0.25, 0.3) is 11.1 Å². The van der Waals surface area contributed by atoms with Crippen molar-refractivity contribution in [1.82, 2.24) is 15.1 Å². The minimum absolute atomic E-state index is 0.0781. The number of nitrogens with zero attached hydrogens (tertiary/aromatic N) is 2. The second-order valence-corrected chi connectivity index (χ2v) is 8.52. The van der Waals surface area contributed by atoms with Crippen molar-refractivity contribution in [2.75, 3.05) is 18.5 Å². The second-order valence-electron chi connectivity index (χ2n) is 8.52. The number of aromatic carboxylic acids is 1. The van der Waals surface area contributed by atoms with Gasteiger partial charge in [-0.2, -0.15) is 5.10 Å². The molecule has 35 heavy (non-hydrogen) atoms. The maximum atomic E-state index is 12.8. The Kier molecular flexibility index (Phi) is 5.96. The Morgan fingerprint density at radius 2 is 1.77 bits per heavy atom. The number of carboxylic acids is 1. The lowest BCUT2D eigenvalue weighted by atomic mass is 9.98. The van der Waals surface area contributed by atoms with Crippen molar-refractivity contribution < 1.29 is 29.0 Å². The molecule has 10 heteroatoms. The van der Waals surface area contributed by atoms with Crippen LogP contribution in [0.1, 0.15) is 33.8 Å². The first-order valence-corrected chi connectivity index (χ1v) is 11.2. The smallest absolute Gasteiger partial charge is 0.407 e. The van der Waals surface area contributed by atoms with Crippen LogP contribution in [-0.2, 0) is 21.3 Å². The van der Waals surface area contributed by atoms with Crippen LogP contribution >= 0.6 is 0 Å². The fourth-order valence-corrected chi connectivity index (χ4v) is 4.71. The van der Waals surface area contributed by atoms with Crippen LogP contribution in [0.3, 0.4) is 0 Å². The van der Waals surface area contributed by atoms with Gasteiger partial charge < -0.3 is 25.2 Å². The molecule has 1 aliphatic heterocycles. The molecule has 0 unspecified atom stereocenters. The minimum Gasteiger partial charge on any atom is -0.477 e. The summed E-state index contributed by atoms with van der Waals surface area (Å²) in [6.45, 7) is 0.417. The summed E-state index contributed by atoms with van der Waals surface area (Å²) in [5.74, 6) is -1.97. The number of ether oxygens (including phenoxy) is 2. The number of fused-ring (bicyclic) bond motifs is 3. The highest BCUT2D eigenvalue weighted by molar-refractivity contribution is 6.01. The number of hydrogen-bond donors (Lipinski definition) is 3. The van der Waals surface area contributed by atoms with Crippen LogP contribution in [0.4, 0.5) is 10.6 Å². The number of nitrogens with one attached hydrogen (secondary N) is 2. The monoisotopic (exact) mass is 476 g/mol. The molecule has 180 valence electrons. The molecular formula is C25H24N4O6. The first kappa shape index (κ1) is 22.6. The quantitative estimate of drug-likeness (QED) is 0.498. The van der Waals surface area contributed by atoms with E-state index in [1.807, 2.05) is 36.4 Å². The number of carbonyl (C=O) groups is 3. The van der Waals surface area contributed by atoms with Gasteiger partial charge in [0.25, 0.3) is 5.91 Å². The highest BCUT2D eigenvalue weighted by atomic mass is 16.6. The summed E-state index contributed by atoms with van der Waals surface area (Å²) in [5, 5.41) is 18.5. The predicted molar refractivity (Wildman–Crippen MR) is 125 cm³/mol. The van der Waals surface area contributed by atoms with Crippen molar-refractivity contribution in [2.24, 2.45) is 7.05 Å². The molecule has 1 aromatic heterocycles. The molecule has 3 aromatic rings. The van der Waals surface area contributed by atoms with Gasteiger partial charge in [0.05, 0.1) is 6.04 Å². The third kappa shape index (κ3) is 4.35. The largest absolute Gasteiger partial charge is 0.477 e. The summed E-state index contributed by atoms with van der Waals surface area (Å²) < 4.78 is 12.4. The van der Waals surface area contributed by atoms with Gasteiger partial charge in [0.2, 0.25) is 0 Å². The third-order valence-electron chi connectivity index (χ3n) is 6.30. The number of benzene rings is 2. The fraction of sp³-hybridized carbons (Fsp3) is 0.280. The van der Waals surface area contributed by atoms with Gasteiger partial charge in [-0.1, -0.05) is 48.5 Å². The molecule has 0 bridgehead atoms. The minimum atomic E-state index is -1.21. The van der Waals surface area contributed by atoms with Gasteiger partial charge in [-0.25, -0.2) is 9.59 Å². The summed E-state index contributed by atoms with van der Waals surface area (Å²) in [6, 6.07) is 15.5. The summed E-state index contributed by atoms with van der Waals surface area (Å²) in [5.41, 5.74) is 4.33. The first-order chi connectivity index (χ1) is 16.9. The van der Waals surface area contributed by atoms with Crippen LogP contribution in [-0.4, -0.2) is 58.2 Å². The highest BCUT2D eigenvalue weighted by Crippen LogP contribution is 2.44. The molecule has 1 saturated heterocycles. The topological polar surface area (TPSA) is 132 Å². The molecule has 3 N–H and O–H groups in total. The van der Waals surface area contributed by atoms with Crippen molar-refractivity contribution in [3.8, 4) is 11.1 Å². The van der Waals surface area contributed by atoms with Crippen LogP contribution in [0.2, 0.25) is 0 Å². The van der Waals surface area contributed by atoms with Crippen LogP contribution in [0.15, 0.2) is 54.7 Å². The highest BCUT2D eigenvalue weighted by Gasteiger charge is 2.37. The summed E-state index contributed by atoms with van der Waals surface area (Å²) >= 11 is 0. The molecule has 5 rings (SSSR count). The van der Waals surface area contributed by atoms with E-state index < -0.39 is 30.1 Å². The van der Waals surface area contributed by atoms with E-state index in [-0.39, 0.29) is 30.5 Å². The standard InChI is InChI=1S/C25H24N4O6/c1-29-12-18(24(31)32)22(28-29)27-23(30)21-20(10-11-34-21)26-25(33)35-13-19-16-8-4-2-6-14(16)15-7-3-5-9-17(15)19/h2-9,12,19-21H,10-11,13H2,1H3,(H,26,33)(H,31,32)(H,27,28,30)/t20-,21+/m0/s1. The van der Waals surface area contributed by atoms with Gasteiger partial charge in [0.15, 0.2) is 11.9 Å². The number of amides is 2. The van der Waals surface area contributed by atoms with Gasteiger partial charge in [0.1, 0.15) is 12.2 Å². The van der Waals surface area contributed by atoms with Crippen LogP contribution in [0.5, 0.6) is 0 Å². The van der Waals surface area contributed by atoms with Crippen molar-refractivity contribution in [1.29, 1.82) is 0 Å². The van der Waals surface area contributed by atoms with Gasteiger partial charge in [-0.3, -0.25) is 9.48 Å². The number of carboxylic acid groups (broad SMARTS) is 1. The predicted octanol–water partition coefficient (Wildman–Crippen LogP) is 2.75. The van der Waals surface area contributed by atoms with Crippen LogP contribution < -0.4 is 10.6 Å². The number of carbonyl (C=O) groups excluding carboxylic acids is 2. The maximum absolute atomic E-state index is 12.8. The number of rotatable bonds is 6. The van der Waals surface area contributed by atoms with Gasteiger partial charge in [0, 0.05) is 25.8 Å². The van der Waals surface area contributed by atoms with E-state index in [9.17, 15) is 19.5 Å². The number of alkyl carbamates (subject to hydrolysis) is 1. The lowest BCUT2D eigenvalue weighted by Crippen LogP contribution is -2.46. The molecule has 1 fully saturated rings. The van der Waals surface area contributed by atoms with Gasteiger partial charge in [-0.05, 0) is 28.7 Å². The van der Waals surface area contributed by atoms with E-state index in [0.717, 1.165) is 22.3 Å². The Balaban J connectivity index is 1.22. The van der Waals surface area contributed by atoms with E-state index in [0.29, 0.717) is 6.42 Å². The zero-order valence-electron chi connectivity index (χ0n) is 18.9. The molecule has 2 aromatic carbocycles. The van der Waals surface area contributed by atoms with E-state index in [4.69, 9.17) is 9.47 Å². The zero-order chi connectivity index (χ0) is 24.5. The number of aryl methyl sites for hydroxylation is 1. The average Bonchev–Trinajstić information content (AvgIpc) is 3.53. The van der Waals surface area contributed by atoms with E-state index >= 15 is 0 Å². The normalized spacial score (nSPS) is 18.5. The van der Waals surface area contributed by atoms with E-state index in [1.165, 1.54) is 10.9 Å². The second kappa shape index (κ2) is 9.22. The molecule has 2 aliphatic rings. The van der Waals surface area contributed by atoms with Crippen molar-refractivity contribution in [2.45, 2.75) is 24.5 Å². The van der Waals surface area contributed by atoms with Gasteiger partial charge >= 0.3 is 12.1 Å². The Morgan fingerprint density at radius 1 is 1.11 bits per heavy atom. The zero-order valence-corrected chi connectivity index (χ0v) is 18.9. The molecular weight excluding hydrogens is 452 g/mol. The fourth-order valence-electron chi connectivity index (χ4n) is 4.71. The molecule has 0 radical (unpaired) electrons. The Hall–Kier alpha value is -4.18. The first-order valence-electron chi connectivity index (χ1n) is 11.2. The summed E-state index contributed by atoms with van der Waals surface area (Å²) in [4.78, 5) is 36.8. The molecule has 0 saturated carbocycles. The lowest BCUT2D eigenvalue weighted by molar-refractivity contribution is -0.125. The lowest BCUT2D eigenvalue weighted by Gasteiger charge is -2.20. The van der Waals surface area contributed by atoms with Crippen LogP contribution in [0, 0.1) is 0 Å².